The normalized spacial score (nSPS) is 6.80. The Kier molecular flexibility index (Phi) is 7.00. The van der Waals surface area contributed by atoms with Gasteiger partial charge in [-0.25, -0.2) is 15.8 Å². The van der Waals surface area contributed by atoms with Gasteiger partial charge in [-0.1, -0.05) is 17.9 Å². The molecule has 0 saturated carbocycles. The summed E-state index contributed by atoms with van der Waals surface area (Å²) in [5.74, 6) is 5.81. The molecule has 0 radical (unpaired) electrons. The minimum Gasteiger partial charge on any atom is -0.245 e. The van der Waals surface area contributed by atoms with E-state index in [1.54, 1.807) is 5.97 Å². The Labute approximate surface area is 107 Å². The molecule has 0 heterocycles. The number of hydrogen-bond donors (Lipinski definition) is 1. The van der Waals surface area contributed by atoms with Crippen LogP contribution in [0, 0.1) is 39.7 Å². The topological polar surface area (TPSA) is 95.2 Å². The zero-order chi connectivity index (χ0) is 7.33. The van der Waals surface area contributed by atoms with Crippen molar-refractivity contribution in [3.8, 4) is 23.9 Å². The maximum atomic E-state index is 8.13. The van der Waals surface area contributed by atoms with Crippen LogP contribution in [0.3, 0.4) is 0 Å². The summed E-state index contributed by atoms with van der Waals surface area (Å²) in [6.07, 6.45) is -2.61. The summed E-state index contributed by atoms with van der Waals surface area (Å²) in [4.78, 5) is 0. The molecule has 4 nitrogen and oxygen atoms in total. The van der Waals surface area contributed by atoms with Crippen molar-refractivity contribution < 1.29 is 63.4 Å². The number of nitrogens with one attached hydrogen (secondary N) is 1. The van der Waals surface area contributed by atoms with Crippen LogP contribution < -0.4 is 63.4 Å². The van der Waals surface area contributed by atoms with E-state index < -0.39 is 6.15 Å². The quantitative estimate of drug-likeness (QED) is 0.397. The maximum Gasteiger partial charge on any atom is 1.00 e. The molecule has 0 fully saturated rings. The molecule has 0 aliphatic rings. The van der Waals surface area contributed by atoms with Crippen molar-refractivity contribution in [2.24, 2.45) is 0 Å². The van der Waals surface area contributed by atoms with E-state index in [9.17, 15) is 0 Å². The number of hydrogen-bond acceptors (Lipinski definition) is 3. The first kappa shape index (κ1) is 12.5. The van der Waals surface area contributed by atoms with Crippen molar-refractivity contribution in [1.29, 1.82) is 15.8 Å². The molecule has 6 heteroatoms. The first-order valence-corrected chi connectivity index (χ1v) is 2.08. The van der Waals surface area contributed by atoms with Gasteiger partial charge < -0.3 is 0 Å². The Bertz CT molecular complexity index is 210. The molecule has 0 aliphatic carbocycles. The molecular weight excluding hydrogens is 200 g/mol. The van der Waals surface area contributed by atoms with Crippen LogP contribution in [0.4, 0.5) is 0 Å². The molecule has 0 aromatic carbocycles. The second-order valence-corrected chi connectivity index (χ2v) is 1.40. The average molecular weight is 201 g/mol. The van der Waals surface area contributed by atoms with E-state index in [1.165, 1.54) is 17.9 Å². The molecule has 0 aromatic rings. The van der Waals surface area contributed by atoms with Gasteiger partial charge in [0.15, 0.2) is 0 Å². The van der Waals surface area contributed by atoms with E-state index >= 15 is 0 Å². The Balaban J connectivity index is 0. The monoisotopic (exact) mass is 201 g/mol. The molecule has 10 heavy (non-hydrogen) atoms. The van der Waals surface area contributed by atoms with Crippen LogP contribution in [0.15, 0.2) is 0 Å². The summed E-state index contributed by atoms with van der Waals surface area (Å²) in [5.41, 5.74) is 0. The first-order chi connectivity index (χ1) is 4.24. The molecule has 0 unspecified atom stereocenters. The van der Waals surface area contributed by atoms with Gasteiger partial charge in [-0.3, -0.25) is 0 Å². The molecule has 0 amide bonds. The Morgan fingerprint density at radius 2 is 1.30 bits per heavy atom. The van der Waals surface area contributed by atoms with Crippen molar-refractivity contribution >= 4 is 6.15 Å². The minimum absolute atomic E-state index is 0. The Hall–Kier alpha value is -0.170. The van der Waals surface area contributed by atoms with E-state index in [2.05, 4.69) is 0 Å². The summed E-state index contributed by atoms with van der Waals surface area (Å²) in [6, 6.07) is 0. The van der Waals surface area contributed by atoms with E-state index in [0.717, 1.165) is 0 Å². The summed E-state index contributed by atoms with van der Waals surface area (Å²) in [5, 5.41) is 30.8. The SMILES string of the molecule is N#C[B-](C#N)(C#N)C#[NH+].[Rb+]. The second-order valence-electron chi connectivity index (χ2n) is 1.40. The Morgan fingerprint density at radius 3 is 1.30 bits per heavy atom. The van der Waals surface area contributed by atoms with Crippen molar-refractivity contribution in [1.82, 2.24) is 0 Å². The van der Waals surface area contributed by atoms with Gasteiger partial charge in [-0.2, -0.15) is 0 Å². The summed E-state index contributed by atoms with van der Waals surface area (Å²) in [6.45, 7) is 0. The van der Waals surface area contributed by atoms with Crippen LogP contribution in [0.2, 0.25) is 0 Å². The van der Waals surface area contributed by atoms with Gasteiger partial charge >= 0.3 is 64.3 Å². The number of nitriles is 3. The zero-order valence-corrected chi connectivity index (χ0v) is 10.3. The molecule has 0 spiro atoms. The van der Waals surface area contributed by atoms with Gasteiger partial charge in [-0.05, 0) is 0 Å². The van der Waals surface area contributed by atoms with Gasteiger partial charge in [-0.15, -0.1) is 5.26 Å². The molecule has 0 aromatic heterocycles. The molecule has 0 aliphatic heterocycles. The fraction of sp³-hybridized carbons (Fsp3) is 0. The third-order valence-electron chi connectivity index (χ3n) is 0.797. The molecule has 0 atom stereocenters. The van der Waals surface area contributed by atoms with Crippen molar-refractivity contribution in [3.63, 3.8) is 0 Å². The average Bonchev–Trinajstić information content (AvgIpc) is 1.95. The fourth-order valence-corrected chi connectivity index (χ4v) is 0.183. The van der Waals surface area contributed by atoms with Gasteiger partial charge in [0, 0.05) is 0 Å². The van der Waals surface area contributed by atoms with E-state index in [1.807, 2.05) is 0 Å². The zero-order valence-electron chi connectivity index (χ0n) is 5.42. The Morgan fingerprint density at radius 1 is 1.00 bits per heavy atom. The van der Waals surface area contributed by atoms with Crippen molar-refractivity contribution in [2.45, 2.75) is 0 Å². The van der Waals surface area contributed by atoms with Gasteiger partial charge in [0.25, 0.3) is 0 Å². The van der Waals surface area contributed by atoms with E-state index in [4.69, 9.17) is 21.0 Å². The van der Waals surface area contributed by atoms with Crippen LogP contribution in [-0.2, 0) is 0 Å². The van der Waals surface area contributed by atoms with Crippen LogP contribution in [0.1, 0.15) is 0 Å². The molecular formula is C4HBN4Rb+. The third kappa shape index (κ3) is 2.61. The van der Waals surface area contributed by atoms with E-state index in [0.29, 0.717) is 0 Å². The number of rotatable bonds is 0. The summed E-state index contributed by atoms with van der Waals surface area (Å²) < 4.78 is 0. The van der Waals surface area contributed by atoms with Crippen LogP contribution >= 0.6 is 0 Å². The minimum atomic E-state index is -2.61. The van der Waals surface area contributed by atoms with Gasteiger partial charge in [0.1, 0.15) is 0 Å². The predicted molar refractivity (Wildman–Crippen MR) is 27.4 cm³/mol. The molecule has 0 bridgehead atoms. The largest absolute Gasteiger partial charge is 1.00 e. The second kappa shape index (κ2) is 5.60. The van der Waals surface area contributed by atoms with Gasteiger partial charge in [0.2, 0.25) is 0 Å². The first-order valence-electron chi connectivity index (χ1n) is 2.08. The van der Waals surface area contributed by atoms with E-state index in [-0.39, 0.29) is 58.2 Å². The van der Waals surface area contributed by atoms with Gasteiger partial charge in [0.05, 0.1) is 5.97 Å². The molecule has 0 rings (SSSR count). The predicted octanol–water partition coefficient (Wildman–Crippen LogP) is -5.06. The smallest absolute Gasteiger partial charge is 0.245 e. The maximum absolute atomic E-state index is 8.13. The standard InChI is InChI=1S/C4BN4.Rb/c6-1-5(2-7,3-8)4-9;/q-1;+1/p+1. The molecule has 0 saturated heterocycles. The summed E-state index contributed by atoms with van der Waals surface area (Å²) in [7, 11) is 0. The van der Waals surface area contributed by atoms with Crippen LogP contribution in [-0.4, -0.2) is 6.15 Å². The van der Waals surface area contributed by atoms with Crippen LogP contribution in [0.5, 0.6) is 0 Å². The number of nitrogens with zero attached hydrogens (tertiary/aromatic N) is 3. The fourth-order valence-electron chi connectivity index (χ4n) is 0.183. The van der Waals surface area contributed by atoms with Crippen LogP contribution in [0.25, 0.3) is 0 Å². The van der Waals surface area contributed by atoms with Crippen molar-refractivity contribution in [3.05, 3.63) is 0 Å². The van der Waals surface area contributed by atoms with Crippen molar-refractivity contribution in [2.75, 3.05) is 0 Å². The molecule has 40 valence electrons. The molecule has 1 N–H and O–H groups in total. The summed E-state index contributed by atoms with van der Waals surface area (Å²) >= 11 is 0. The third-order valence-corrected chi connectivity index (χ3v) is 0.797.